The first-order valence-electron chi connectivity index (χ1n) is 10.4. The number of nitrogens with zero attached hydrogens (tertiary/aromatic N) is 1. The zero-order chi connectivity index (χ0) is 22.7. The van der Waals surface area contributed by atoms with Crippen LogP contribution in [0, 0.1) is 6.92 Å². The van der Waals surface area contributed by atoms with Crippen molar-refractivity contribution < 1.29 is 23.9 Å². The van der Waals surface area contributed by atoms with Crippen molar-refractivity contribution in [1.29, 1.82) is 0 Å². The number of hydrogen-bond acceptors (Lipinski definition) is 5. The first-order valence-corrected chi connectivity index (χ1v) is 10.4. The fourth-order valence-corrected chi connectivity index (χ4v) is 4.12. The van der Waals surface area contributed by atoms with E-state index in [9.17, 15) is 14.4 Å². The molecule has 3 amide bonds. The van der Waals surface area contributed by atoms with Gasteiger partial charge in [0.15, 0.2) is 0 Å². The molecular weight excluding hydrogens is 410 g/mol. The maximum atomic E-state index is 12.6. The molecule has 32 heavy (non-hydrogen) atoms. The molecule has 1 fully saturated rings. The van der Waals surface area contributed by atoms with E-state index in [-0.39, 0.29) is 11.8 Å². The monoisotopic (exact) mass is 435 g/mol. The molecule has 8 heteroatoms. The number of carbonyl (C=O) groups is 3. The van der Waals surface area contributed by atoms with Crippen LogP contribution in [0.1, 0.15) is 24.0 Å². The fraction of sp³-hybridized carbons (Fsp3) is 0.292. The summed E-state index contributed by atoms with van der Waals surface area (Å²) >= 11 is 0. The van der Waals surface area contributed by atoms with E-state index in [0.717, 1.165) is 11.1 Å². The van der Waals surface area contributed by atoms with E-state index in [1.807, 2.05) is 31.2 Å². The number of fused-ring (bicyclic) bond motifs is 2. The second-order valence-electron chi connectivity index (χ2n) is 7.94. The van der Waals surface area contributed by atoms with Gasteiger partial charge in [-0.15, -0.1) is 0 Å². The smallest absolute Gasteiger partial charge is 0.412 e. The third-order valence-electron chi connectivity index (χ3n) is 5.79. The number of aryl methyl sites for hydroxylation is 1. The number of anilines is 2. The Kier molecular flexibility index (Phi) is 5.85. The van der Waals surface area contributed by atoms with Crippen LogP contribution in [0.25, 0.3) is 0 Å². The fourth-order valence-electron chi connectivity index (χ4n) is 4.12. The van der Waals surface area contributed by atoms with Gasteiger partial charge in [0.1, 0.15) is 11.4 Å². The molecule has 1 saturated heterocycles. The summed E-state index contributed by atoms with van der Waals surface area (Å²) < 4.78 is 11.0. The number of methoxy groups -OCH3 is 1. The first-order chi connectivity index (χ1) is 15.4. The van der Waals surface area contributed by atoms with E-state index in [1.165, 1.54) is 12.2 Å². The highest BCUT2D eigenvalue weighted by atomic mass is 16.6. The van der Waals surface area contributed by atoms with E-state index < -0.39 is 11.7 Å². The van der Waals surface area contributed by atoms with Gasteiger partial charge in [-0.05, 0) is 42.8 Å². The molecule has 2 aliphatic heterocycles. The van der Waals surface area contributed by atoms with Gasteiger partial charge in [0.2, 0.25) is 11.8 Å². The number of nitrogens with one attached hydrogen (secondary N) is 2. The number of hydrogen-bond donors (Lipinski definition) is 2. The summed E-state index contributed by atoms with van der Waals surface area (Å²) in [6.45, 7) is 2.73. The van der Waals surface area contributed by atoms with Gasteiger partial charge in [0, 0.05) is 49.3 Å². The summed E-state index contributed by atoms with van der Waals surface area (Å²) in [5.74, 6) is 0.0417. The van der Waals surface area contributed by atoms with Crippen molar-refractivity contribution in [2.75, 3.05) is 30.8 Å². The molecule has 2 aromatic carbocycles. The van der Waals surface area contributed by atoms with Crippen molar-refractivity contribution >= 4 is 29.3 Å². The van der Waals surface area contributed by atoms with E-state index in [4.69, 9.17) is 9.47 Å². The van der Waals surface area contributed by atoms with Gasteiger partial charge >= 0.3 is 6.09 Å². The standard InChI is InChI=1S/C24H25N3O5/c1-16-4-3-5-17(14-16)25-21(28)8-9-22(29)27-12-10-24(11-13-27)19-15-18(31-2)6-7-20(19)26-23(30)32-24/h3-9,14-15H,10-13H2,1-2H3,(H,25,28)(H,26,30)/b9-8+. The maximum Gasteiger partial charge on any atom is 0.412 e. The molecule has 0 atom stereocenters. The molecule has 0 aliphatic carbocycles. The molecule has 0 radical (unpaired) electrons. The predicted molar refractivity (Wildman–Crippen MR) is 120 cm³/mol. The molecule has 0 aromatic heterocycles. The normalized spacial score (nSPS) is 16.8. The van der Waals surface area contributed by atoms with Crippen LogP contribution in [0.4, 0.5) is 16.2 Å². The number of carbonyl (C=O) groups excluding carboxylic acids is 3. The second-order valence-corrected chi connectivity index (χ2v) is 7.94. The number of likely N-dealkylation sites (tertiary alicyclic amines) is 1. The van der Waals surface area contributed by atoms with Crippen LogP contribution in [0.15, 0.2) is 54.6 Å². The highest BCUT2D eigenvalue weighted by molar-refractivity contribution is 6.03. The molecule has 0 bridgehead atoms. The van der Waals surface area contributed by atoms with Gasteiger partial charge in [0.05, 0.1) is 12.8 Å². The molecule has 8 nitrogen and oxygen atoms in total. The summed E-state index contributed by atoms with van der Waals surface area (Å²) in [4.78, 5) is 38.5. The highest BCUT2D eigenvalue weighted by Crippen LogP contribution is 2.44. The maximum absolute atomic E-state index is 12.6. The Balaban J connectivity index is 1.40. The molecular formula is C24H25N3O5. The first kappa shape index (κ1) is 21.4. The Bertz CT molecular complexity index is 1090. The van der Waals surface area contributed by atoms with Gasteiger partial charge in [-0.3, -0.25) is 14.9 Å². The highest BCUT2D eigenvalue weighted by Gasteiger charge is 2.45. The molecule has 2 aliphatic rings. The largest absolute Gasteiger partial charge is 0.497 e. The number of ether oxygens (including phenoxy) is 2. The van der Waals surface area contributed by atoms with Gasteiger partial charge in [0.25, 0.3) is 0 Å². The molecule has 166 valence electrons. The zero-order valence-electron chi connectivity index (χ0n) is 18.0. The van der Waals surface area contributed by atoms with E-state index in [2.05, 4.69) is 10.6 Å². The molecule has 4 rings (SSSR count). The minimum Gasteiger partial charge on any atom is -0.497 e. The molecule has 0 unspecified atom stereocenters. The Hall–Kier alpha value is -3.81. The summed E-state index contributed by atoms with van der Waals surface area (Å²) in [6.07, 6.45) is 2.91. The lowest BCUT2D eigenvalue weighted by molar-refractivity contribution is -0.130. The van der Waals surface area contributed by atoms with Gasteiger partial charge in [-0.2, -0.15) is 0 Å². The van der Waals surface area contributed by atoms with Crippen molar-refractivity contribution in [3.8, 4) is 5.75 Å². The van der Waals surface area contributed by atoms with Gasteiger partial charge < -0.3 is 19.7 Å². The summed E-state index contributed by atoms with van der Waals surface area (Å²) in [5, 5.41) is 5.46. The van der Waals surface area contributed by atoms with E-state index in [0.29, 0.717) is 43.1 Å². The molecule has 1 spiro atoms. The molecule has 2 aromatic rings. The Morgan fingerprint density at radius 1 is 1.16 bits per heavy atom. The van der Waals surface area contributed by atoms with E-state index >= 15 is 0 Å². The summed E-state index contributed by atoms with van der Waals surface area (Å²) in [6, 6.07) is 12.9. The number of amides is 3. The van der Waals surface area contributed by atoms with Crippen LogP contribution in [0.2, 0.25) is 0 Å². The van der Waals surface area contributed by atoms with Crippen LogP contribution in [-0.2, 0) is 19.9 Å². The number of piperidine rings is 1. The quantitative estimate of drug-likeness (QED) is 0.716. The molecule has 2 N–H and O–H groups in total. The van der Waals surface area contributed by atoms with Gasteiger partial charge in [-0.1, -0.05) is 12.1 Å². The lowest BCUT2D eigenvalue weighted by atomic mass is 9.82. The average Bonchev–Trinajstić information content (AvgIpc) is 2.78. The van der Waals surface area contributed by atoms with Crippen molar-refractivity contribution in [3.05, 3.63) is 65.7 Å². The van der Waals surface area contributed by atoms with Crippen LogP contribution in [-0.4, -0.2) is 43.0 Å². The summed E-state index contributed by atoms with van der Waals surface area (Å²) in [7, 11) is 1.58. The van der Waals surface area contributed by atoms with Crippen molar-refractivity contribution in [2.24, 2.45) is 0 Å². The van der Waals surface area contributed by atoms with E-state index in [1.54, 1.807) is 30.2 Å². The minimum absolute atomic E-state index is 0.259. The SMILES string of the molecule is COc1ccc2c(c1)C1(CCN(C(=O)/C=C/C(=O)Nc3cccc(C)c3)CC1)OC(=O)N2. The van der Waals surface area contributed by atoms with Crippen LogP contribution in [0.3, 0.4) is 0 Å². The zero-order valence-corrected chi connectivity index (χ0v) is 18.0. The van der Waals surface area contributed by atoms with Crippen molar-refractivity contribution in [1.82, 2.24) is 4.90 Å². The summed E-state index contributed by atoms with van der Waals surface area (Å²) in [5.41, 5.74) is 2.43. The van der Waals surface area contributed by atoms with Crippen LogP contribution < -0.4 is 15.4 Å². The topological polar surface area (TPSA) is 97.0 Å². The predicted octanol–water partition coefficient (Wildman–Crippen LogP) is 3.58. The Morgan fingerprint density at radius 2 is 1.94 bits per heavy atom. The van der Waals surface area contributed by atoms with Crippen molar-refractivity contribution in [2.45, 2.75) is 25.4 Å². The molecule has 2 heterocycles. The number of rotatable bonds is 4. The Morgan fingerprint density at radius 3 is 2.66 bits per heavy atom. The van der Waals surface area contributed by atoms with Gasteiger partial charge in [-0.25, -0.2) is 4.79 Å². The lowest BCUT2D eigenvalue weighted by Crippen LogP contribution is -2.49. The Labute approximate surface area is 186 Å². The average molecular weight is 435 g/mol. The lowest BCUT2D eigenvalue weighted by Gasteiger charge is -2.44. The molecule has 0 saturated carbocycles. The second kappa shape index (κ2) is 8.74. The third kappa shape index (κ3) is 4.44. The number of benzene rings is 2. The van der Waals surface area contributed by atoms with Crippen LogP contribution >= 0.6 is 0 Å². The minimum atomic E-state index is -0.810. The third-order valence-corrected chi connectivity index (χ3v) is 5.79. The van der Waals surface area contributed by atoms with Crippen molar-refractivity contribution in [3.63, 3.8) is 0 Å². The van der Waals surface area contributed by atoms with Crippen LogP contribution in [0.5, 0.6) is 5.75 Å².